The van der Waals surface area contributed by atoms with Gasteiger partial charge in [0.25, 0.3) is 5.69 Å². The Kier molecular flexibility index (Phi) is 5.67. The van der Waals surface area contributed by atoms with Gasteiger partial charge in [0, 0.05) is 25.4 Å². The Bertz CT molecular complexity index is 1100. The van der Waals surface area contributed by atoms with Gasteiger partial charge in [0.2, 0.25) is 9.84 Å². The van der Waals surface area contributed by atoms with Crippen LogP contribution in [0.1, 0.15) is 11.1 Å². The second-order valence-electron chi connectivity index (χ2n) is 5.94. The number of nitrogens with two attached hydrogens (primary N) is 1. The van der Waals surface area contributed by atoms with E-state index in [0.717, 1.165) is 0 Å². The molecule has 3 N–H and O–H groups in total. The van der Waals surface area contributed by atoms with Crippen LogP contribution in [0.2, 0.25) is 0 Å². The Morgan fingerprint density at radius 2 is 1.79 bits per heavy atom. The minimum atomic E-state index is -4.14. The Labute approximate surface area is 162 Å². The van der Waals surface area contributed by atoms with Crippen LogP contribution in [0.5, 0.6) is 0 Å². The number of benzene rings is 2. The van der Waals surface area contributed by atoms with Crippen LogP contribution in [0.4, 0.5) is 11.5 Å². The molecular formula is C19H18N4O4S. The van der Waals surface area contributed by atoms with Crippen molar-refractivity contribution in [3.8, 4) is 0 Å². The number of nitrogens with one attached hydrogen (secondary N) is 1. The highest BCUT2D eigenvalue weighted by atomic mass is 32.2. The summed E-state index contributed by atoms with van der Waals surface area (Å²) in [6.45, 7) is 0.324. The fourth-order valence-corrected chi connectivity index (χ4v) is 4.43. The number of aromatic nitrogens is 1. The predicted octanol–water partition coefficient (Wildman–Crippen LogP) is 2.89. The fraction of sp³-hybridized carbons (Fsp3) is 0.105. The molecule has 0 saturated carbocycles. The summed E-state index contributed by atoms with van der Waals surface area (Å²) in [6, 6.07) is 15.5. The number of nitro benzene ring substituents is 1. The maximum Gasteiger partial charge on any atom is 0.288 e. The maximum absolute atomic E-state index is 13.3. The van der Waals surface area contributed by atoms with Crippen molar-refractivity contribution >= 4 is 21.3 Å². The molecule has 9 heteroatoms. The summed E-state index contributed by atoms with van der Waals surface area (Å²) >= 11 is 0. The van der Waals surface area contributed by atoms with E-state index in [4.69, 9.17) is 5.73 Å². The van der Waals surface area contributed by atoms with E-state index in [0.29, 0.717) is 16.9 Å². The van der Waals surface area contributed by atoms with Crippen molar-refractivity contribution in [2.45, 2.75) is 22.9 Å². The van der Waals surface area contributed by atoms with Gasteiger partial charge in [-0.15, -0.1) is 0 Å². The Hall–Kier alpha value is -3.30. The summed E-state index contributed by atoms with van der Waals surface area (Å²) in [5, 5.41) is 14.4. The van der Waals surface area contributed by atoms with Crippen LogP contribution in [0, 0.1) is 10.1 Å². The zero-order valence-electron chi connectivity index (χ0n) is 14.8. The zero-order chi connectivity index (χ0) is 20.1. The van der Waals surface area contributed by atoms with Crippen LogP contribution < -0.4 is 11.1 Å². The topological polar surface area (TPSA) is 128 Å². The first-order valence-electron chi connectivity index (χ1n) is 8.39. The third-order valence-corrected chi connectivity index (χ3v) is 6.02. The minimum absolute atomic E-state index is 0.0202. The molecule has 0 unspecified atom stereocenters. The van der Waals surface area contributed by atoms with Crippen molar-refractivity contribution in [1.82, 2.24) is 4.98 Å². The average Bonchev–Trinajstić information content (AvgIpc) is 2.72. The lowest BCUT2D eigenvalue weighted by Crippen LogP contribution is -2.12. The molecule has 0 atom stereocenters. The first-order chi connectivity index (χ1) is 13.4. The normalized spacial score (nSPS) is 11.2. The molecule has 2 aromatic carbocycles. The van der Waals surface area contributed by atoms with Gasteiger partial charge in [-0.2, -0.15) is 0 Å². The summed E-state index contributed by atoms with van der Waals surface area (Å²) in [7, 11) is -4.14. The number of rotatable bonds is 7. The highest BCUT2D eigenvalue weighted by Gasteiger charge is 2.29. The Morgan fingerprint density at radius 3 is 2.46 bits per heavy atom. The summed E-state index contributed by atoms with van der Waals surface area (Å²) < 4.78 is 26.5. The third kappa shape index (κ3) is 4.00. The zero-order valence-corrected chi connectivity index (χ0v) is 15.6. The summed E-state index contributed by atoms with van der Waals surface area (Å²) in [4.78, 5) is 14.4. The molecule has 144 valence electrons. The lowest BCUT2D eigenvalue weighted by atomic mass is 10.1. The van der Waals surface area contributed by atoms with Crippen LogP contribution in [-0.4, -0.2) is 18.3 Å². The van der Waals surface area contributed by atoms with Gasteiger partial charge in [-0.3, -0.25) is 10.1 Å². The third-order valence-electron chi connectivity index (χ3n) is 4.13. The highest BCUT2D eigenvalue weighted by Crippen LogP contribution is 2.31. The molecule has 0 fully saturated rings. The molecule has 0 amide bonds. The number of nitro groups is 1. The average molecular weight is 398 g/mol. The molecule has 0 bridgehead atoms. The van der Waals surface area contributed by atoms with Gasteiger partial charge in [0.1, 0.15) is 10.7 Å². The number of pyridine rings is 1. The van der Waals surface area contributed by atoms with Gasteiger partial charge in [0.05, 0.1) is 9.82 Å². The van der Waals surface area contributed by atoms with E-state index in [1.54, 1.807) is 36.5 Å². The van der Waals surface area contributed by atoms with Crippen molar-refractivity contribution in [2.75, 3.05) is 5.32 Å². The SMILES string of the molecule is NCc1ccc(CNc2ccccn2)c(S(=O)(=O)c2ccccc2[N+](=O)[O-])c1. The first kappa shape index (κ1) is 19.5. The van der Waals surface area contributed by atoms with Crippen LogP contribution in [0.3, 0.4) is 0 Å². The van der Waals surface area contributed by atoms with E-state index < -0.39 is 20.4 Å². The number of sulfone groups is 1. The molecule has 0 aliphatic carbocycles. The highest BCUT2D eigenvalue weighted by molar-refractivity contribution is 7.91. The van der Waals surface area contributed by atoms with Gasteiger partial charge in [-0.1, -0.05) is 30.3 Å². The van der Waals surface area contributed by atoms with Crippen LogP contribution in [-0.2, 0) is 22.9 Å². The van der Waals surface area contributed by atoms with Crippen molar-refractivity contribution in [2.24, 2.45) is 5.73 Å². The lowest BCUT2D eigenvalue weighted by Gasteiger charge is -2.13. The molecule has 0 radical (unpaired) electrons. The molecule has 3 rings (SSSR count). The minimum Gasteiger partial charge on any atom is -0.366 e. The molecule has 1 heterocycles. The standard InChI is InChI=1S/C19H18N4O4S/c20-12-14-8-9-15(13-22-19-7-3-4-10-21-19)18(11-14)28(26,27)17-6-2-1-5-16(17)23(24)25/h1-11H,12-13,20H2,(H,21,22). The van der Waals surface area contributed by atoms with E-state index in [2.05, 4.69) is 10.3 Å². The molecule has 1 aromatic heterocycles. The number of anilines is 1. The Morgan fingerprint density at radius 1 is 1.04 bits per heavy atom. The number of hydrogen-bond donors (Lipinski definition) is 2. The second-order valence-corrected chi connectivity index (χ2v) is 7.83. The van der Waals surface area contributed by atoms with Crippen molar-refractivity contribution < 1.29 is 13.3 Å². The molecule has 8 nitrogen and oxygen atoms in total. The van der Waals surface area contributed by atoms with Gasteiger partial charge < -0.3 is 11.1 Å². The number of nitrogens with zero attached hydrogens (tertiary/aromatic N) is 2. The first-order valence-corrected chi connectivity index (χ1v) is 9.87. The number of hydrogen-bond acceptors (Lipinski definition) is 7. The quantitative estimate of drug-likeness (QED) is 0.462. The summed E-state index contributed by atoms with van der Waals surface area (Å²) in [5.41, 5.74) is 6.27. The molecule has 0 aliphatic heterocycles. The van der Waals surface area contributed by atoms with Crippen LogP contribution in [0.15, 0.2) is 76.7 Å². The Balaban J connectivity index is 2.07. The van der Waals surface area contributed by atoms with Crippen molar-refractivity contribution in [3.63, 3.8) is 0 Å². The number of para-hydroxylation sites is 1. The van der Waals surface area contributed by atoms with Gasteiger partial charge in [0.15, 0.2) is 0 Å². The van der Waals surface area contributed by atoms with E-state index >= 15 is 0 Å². The molecular weight excluding hydrogens is 380 g/mol. The molecule has 0 aliphatic rings. The van der Waals surface area contributed by atoms with Gasteiger partial charge in [-0.05, 0) is 35.4 Å². The van der Waals surface area contributed by atoms with Gasteiger partial charge >= 0.3 is 0 Å². The van der Waals surface area contributed by atoms with Crippen LogP contribution >= 0.6 is 0 Å². The summed E-state index contributed by atoms with van der Waals surface area (Å²) in [6.07, 6.45) is 1.62. The van der Waals surface area contributed by atoms with E-state index in [9.17, 15) is 18.5 Å². The van der Waals surface area contributed by atoms with Crippen molar-refractivity contribution in [1.29, 1.82) is 0 Å². The van der Waals surface area contributed by atoms with Gasteiger partial charge in [-0.25, -0.2) is 13.4 Å². The van der Waals surface area contributed by atoms with E-state index in [1.165, 1.54) is 30.3 Å². The fourth-order valence-electron chi connectivity index (χ4n) is 2.73. The lowest BCUT2D eigenvalue weighted by molar-refractivity contribution is -0.387. The largest absolute Gasteiger partial charge is 0.366 e. The molecule has 28 heavy (non-hydrogen) atoms. The molecule has 3 aromatic rings. The smallest absolute Gasteiger partial charge is 0.288 e. The van der Waals surface area contributed by atoms with E-state index in [-0.39, 0.29) is 22.9 Å². The maximum atomic E-state index is 13.3. The monoisotopic (exact) mass is 398 g/mol. The van der Waals surface area contributed by atoms with Crippen LogP contribution in [0.25, 0.3) is 0 Å². The molecule has 0 saturated heterocycles. The van der Waals surface area contributed by atoms with E-state index in [1.807, 2.05) is 0 Å². The van der Waals surface area contributed by atoms with Crippen molar-refractivity contribution in [3.05, 3.63) is 88.1 Å². The second kappa shape index (κ2) is 8.15. The molecule has 0 spiro atoms. The predicted molar refractivity (Wildman–Crippen MR) is 104 cm³/mol. The summed E-state index contributed by atoms with van der Waals surface area (Å²) in [5.74, 6) is 0.583.